The summed E-state index contributed by atoms with van der Waals surface area (Å²) >= 11 is 0. The van der Waals surface area contributed by atoms with E-state index in [-0.39, 0.29) is 5.91 Å². The quantitative estimate of drug-likeness (QED) is 0.813. The third-order valence-corrected chi connectivity index (χ3v) is 5.34. The molecule has 5 heteroatoms. The van der Waals surface area contributed by atoms with E-state index >= 15 is 0 Å². The van der Waals surface area contributed by atoms with Crippen LogP contribution < -0.4 is 0 Å². The van der Waals surface area contributed by atoms with Crippen LogP contribution in [-0.4, -0.2) is 58.7 Å². The van der Waals surface area contributed by atoms with Crippen molar-refractivity contribution >= 4 is 5.91 Å². The summed E-state index contributed by atoms with van der Waals surface area (Å²) in [6.07, 6.45) is 1.61. The minimum atomic E-state index is 0.149. The fourth-order valence-corrected chi connectivity index (χ4v) is 3.77. The number of aryl methyl sites for hydroxylation is 1. The number of aromatic nitrogens is 2. The maximum Gasteiger partial charge on any atom is 0.257 e. The molecule has 5 nitrogen and oxygen atoms in total. The van der Waals surface area contributed by atoms with Crippen LogP contribution in [0.5, 0.6) is 0 Å². The van der Waals surface area contributed by atoms with E-state index < -0.39 is 0 Å². The molecule has 0 unspecified atom stereocenters. The predicted molar refractivity (Wildman–Crippen MR) is 110 cm³/mol. The molecule has 0 bridgehead atoms. The van der Waals surface area contributed by atoms with Crippen molar-refractivity contribution in [3.8, 4) is 5.69 Å². The van der Waals surface area contributed by atoms with E-state index in [1.54, 1.807) is 0 Å². The number of hydrogen-bond acceptors (Lipinski definition) is 3. The molecule has 1 aliphatic rings. The second kappa shape index (κ2) is 8.26. The first-order chi connectivity index (χ1) is 12.9. The number of hydrogen-bond donors (Lipinski definition) is 0. The van der Waals surface area contributed by atoms with Crippen molar-refractivity contribution in [3.63, 3.8) is 0 Å². The minimum Gasteiger partial charge on any atom is -0.336 e. The van der Waals surface area contributed by atoms with Crippen LogP contribution in [0, 0.1) is 12.8 Å². The van der Waals surface area contributed by atoms with Crippen LogP contribution in [0.25, 0.3) is 5.69 Å². The molecule has 1 aliphatic heterocycles. The Hall–Kier alpha value is -2.14. The third kappa shape index (κ3) is 4.08. The predicted octanol–water partition coefficient (Wildman–Crippen LogP) is 3.33. The smallest absolute Gasteiger partial charge is 0.257 e. The largest absolute Gasteiger partial charge is 0.336 e. The molecule has 0 saturated carbocycles. The van der Waals surface area contributed by atoms with Crippen LogP contribution in [0.15, 0.2) is 24.3 Å². The first kappa shape index (κ1) is 19.6. The molecule has 27 heavy (non-hydrogen) atoms. The molecule has 1 saturated heterocycles. The summed E-state index contributed by atoms with van der Waals surface area (Å²) in [5, 5.41) is 4.94. The summed E-state index contributed by atoms with van der Waals surface area (Å²) < 4.78 is 2.01. The average molecular weight is 369 g/mol. The van der Waals surface area contributed by atoms with E-state index in [1.807, 2.05) is 21.7 Å². The van der Waals surface area contributed by atoms with E-state index in [9.17, 15) is 4.79 Å². The highest BCUT2D eigenvalue weighted by Crippen LogP contribution is 2.25. The topological polar surface area (TPSA) is 41.4 Å². The molecule has 0 atom stereocenters. The lowest BCUT2D eigenvalue weighted by molar-refractivity contribution is 0.0661. The number of benzene rings is 1. The van der Waals surface area contributed by atoms with Crippen LogP contribution >= 0.6 is 0 Å². The number of para-hydroxylation sites is 1. The average Bonchev–Trinajstić information content (AvgIpc) is 2.99. The van der Waals surface area contributed by atoms with Crippen molar-refractivity contribution in [2.75, 3.05) is 33.2 Å². The van der Waals surface area contributed by atoms with Crippen LogP contribution in [0.4, 0.5) is 0 Å². The van der Waals surface area contributed by atoms with E-state index in [1.165, 1.54) is 5.56 Å². The van der Waals surface area contributed by atoms with Gasteiger partial charge in [-0.1, -0.05) is 39.0 Å². The van der Waals surface area contributed by atoms with E-state index in [0.717, 1.165) is 61.7 Å². The van der Waals surface area contributed by atoms with Gasteiger partial charge in [-0.2, -0.15) is 5.10 Å². The van der Waals surface area contributed by atoms with Gasteiger partial charge in [0, 0.05) is 26.2 Å². The number of carbonyl (C=O) groups excluding carboxylic acids is 1. The molecule has 2 aromatic rings. The SMILES string of the molecule is CCc1c(C(=O)N2CCN(C)CC2)c(CC(C)C)nn1-c1ccccc1C. The Kier molecular flexibility index (Phi) is 6.00. The summed E-state index contributed by atoms with van der Waals surface area (Å²) in [7, 11) is 2.11. The van der Waals surface area contributed by atoms with Gasteiger partial charge in [0.2, 0.25) is 0 Å². The first-order valence-corrected chi connectivity index (χ1v) is 10.1. The Morgan fingerprint density at radius 2 is 1.81 bits per heavy atom. The van der Waals surface area contributed by atoms with Crippen LogP contribution in [0.2, 0.25) is 0 Å². The van der Waals surface area contributed by atoms with E-state index in [2.05, 4.69) is 51.8 Å². The highest BCUT2D eigenvalue weighted by atomic mass is 16.2. The Bertz CT molecular complexity index is 801. The Morgan fingerprint density at radius 3 is 2.41 bits per heavy atom. The standard InChI is InChI=1S/C22H32N4O/c1-6-19-21(22(27)25-13-11-24(5)12-14-25)18(15-16(2)3)23-26(19)20-10-8-7-9-17(20)4/h7-10,16H,6,11-15H2,1-5H3. The molecular weight excluding hydrogens is 336 g/mol. The Morgan fingerprint density at radius 1 is 1.15 bits per heavy atom. The molecular formula is C22H32N4O. The summed E-state index contributed by atoms with van der Waals surface area (Å²) in [6, 6.07) is 8.26. The lowest BCUT2D eigenvalue weighted by Crippen LogP contribution is -2.47. The van der Waals surface area contributed by atoms with Crippen molar-refractivity contribution in [1.29, 1.82) is 0 Å². The molecule has 1 aromatic heterocycles. The number of rotatable bonds is 5. The first-order valence-electron chi connectivity index (χ1n) is 10.1. The van der Waals surface area contributed by atoms with Crippen molar-refractivity contribution in [2.45, 2.75) is 40.5 Å². The molecule has 1 aromatic carbocycles. The molecule has 1 fully saturated rings. The fraction of sp³-hybridized carbons (Fsp3) is 0.545. The highest BCUT2D eigenvalue weighted by Gasteiger charge is 2.29. The van der Waals surface area contributed by atoms with Crippen molar-refractivity contribution in [1.82, 2.24) is 19.6 Å². The molecule has 1 amide bonds. The zero-order chi connectivity index (χ0) is 19.6. The molecule has 0 radical (unpaired) electrons. The van der Waals surface area contributed by atoms with E-state index in [0.29, 0.717) is 5.92 Å². The van der Waals surface area contributed by atoms with Gasteiger partial charge < -0.3 is 9.80 Å². The summed E-state index contributed by atoms with van der Waals surface area (Å²) in [6.45, 7) is 12.0. The number of amides is 1. The van der Waals surface area contributed by atoms with Gasteiger partial charge in [0.15, 0.2) is 0 Å². The number of nitrogens with zero attached hydrogens (tertiary/aromatic N) is 4. The summed E-state index contributed by atoms with van der Waals surface area (Å²) in [4.78, 5) is 17.7. The number of carbonyl (C=O) groups is 1. The van der Waals surface area contributed by atoms with Gasteiger partial charge in [-0.15, -0.1) is 0 Å². The molecule has 0 aliphatic carbocycles. The monoisotopic (exact) mass is 368 g/mol. The van der Waals surface area contributed by atoms with Gasteiger partial charge >= 0.3 is 0 Å². The van der Waals surface area contributed by atoms with Crippen LogP contribution in [0.3, 0.4) is 0 Å². The van der Waals surface area contributed by atoms with Gasteiger partial charge in [-0.25, -0.2) is 4.68 Å². The summed E-state index contributed by atoms with van der Waals surface area (Å²) in [5.41, 5.74) is 5.04. The number of likely N-dealkylation sites (N-methyl/N-ethyl adjacent to an activating group) is 1. The van der Waals surface area contributed by atoms with Gasteiger partial charge in [0.25, 0.3) is 5.91 Å². The Balaban J connectivity index is 2.08. The third-order valence-electron chi connectivity index (χ3n) is 5.34. The maximum atomic E-state index is 13.5. The van der Waals surface area contributed by atoms with Gasteiger partial charge in [-0.05, 0) is 44.4 Å². The fourth-order valence-electron chi connectivity index (χ4n) is 3.77. The molecule has 3 rings (SSSR count). The molecule has 0 N–H and O–H groups in total. The van der Waals surface area contributed by atoms with Gasteiger partial charge in [-0.3, -0.25) is 4.79 Å². The summed E-state index contributed by atoms with van der Waals surface area (Å²) in [5.74, 6) is 0.601. The van der Waals surface area contributed by atoms with Crippen molar-refractivity contribution < 1.29 is 4.79 Å². The van der Waals surface area contributed by atoms with Crippen LogP contribution in [-0.2, 0) is 12.8 Å². The molecule has 2 heterocycles. The zero-order valence-corrected chi connectivity index (χ0v) is 17.3. The molecule has 0 spiro atoms. The number of piperazine rings is 1. The molecule has 146 valence electrons. The van der Waals surface area contributed by atoms with Crippen molar-refractivity contribution in [2.24, 2.45) is 5.92 Å². The second-order valence-electron chi connectivity index (χ2n) is 8.01. The van der Waals surface area contributed by atoms with Crippen molar-refractivity contribution in [3.05, 3.63) is 46.8 Å². The van der Waals surface area contributed by atoms with Gasteiger partial charge in [0.05, 0.1) is 22.6 Å². The Labute approximate surface area is 163 Å². The zero-order valence-electron chi connectivity index (χ0n) is 17.3. The maximum absolute atomic E-state index is 13.5. The highest BCUT2D eigenvalue weighted by molar-refractivity contribution is 5.97. The minimum absolute atomic E-state index is 0.149. The lowest BCUT2D eigenvalue weighted by atomic mass is 10.0. The lowest BCUT2D eigenvalue weighted by Gasteiger charge is -2.32. The normalized spacial score (nSPS) is 15.6. The van der Waals surface area contributed by atoms with Gasteiger partial charge in [0.1, 0.15) is 0 Å². The van der Waals surface area contributed by atoms with Crippen LogP contribution in [0.1, 0.15) is 48.1 Å². The second-order valence-corrected chi connectivity index (χ2v) is 8.01. The van der Waals surface area contributed by atoms with E-state index in [4.69, 9.17) is 5.10 Å².